The number of aryl methyl sites for hydroxylation is 1. The second-order valence-corrected chi connectivity index (χ2v) is 4.96. The Morgan fingerprint density at radius 3 is 3.00 bits per heavy atom. The van der Waals surface area contributed by atoms with Gasteiger partial charge in [-0.3, -0.25) is 4.68 Å². The molecule has 0 aliphatic heterocycles. The third-order valence-corrected chi connectivity index (χ3v) is 3.34. The molecule has 1 N–H and O–H groups in total. The molecule has 0 radical (unpaired) electrons. The molecule has 3 rings (SSSR count). The maximum Gasteiger partial charge on any atom is 0.134 e. The zero-order valence-corrected chi connectivity index (χ0v) is 12.2. The van der Waals surface area contributed by atoms with Crippen molar-refractivity contribution in [2.45, 2.75) is 13.5 Å². The van der Waals surface area contributed by atoms with Gasteiger partial charge in [0.05, 0.1) is 30.6 Å². The smallest absolute Gasteiger partial charge is 0.134 e. The van der Waals surface area contributed by atoms with Gasteiger partial charge in [0, 0.05) is 18.7 Å². The average Bonchev–Trinajstić information content (AvgIpc) is 2.93. The van der Waals surface area contributed by atoms with Crippen molar-refractivity contribution >= 4 is 22.4 Å². The molecule has 5 nitrogen and oxygen atoms in total. The van der Waals surface area contributed by atoms with E-state index < -0.39 is 0 Å². The van der Waals surface area contributed by atoms with Crippen molar-refractivity contribution in [3.8, 4) is 0 Å². The van der Waals surface area contributed by atoms with Crippen molar-refractivity contribution in [2.24, 2.45) is 0 Å². The van der Waals surface area contributed by atoms with Gasteiger partial charge in [0.25, 0.3) is 0 Å². The van der Waals surface area contributed by atoms with Gasteiger partial charge in [0.1, 0.15) is 5.82 Å². The predicted octanol–water partition coefficient (Wildman–Crippen LogP) is 3.13. The van der Waals surface area contributed by atoms with E-state index in [1.807, 2.05) is 29.1 Å². The van der Waals surface area contributed by atoms with Crippen LogP contribution in [0.4, 0.5) is 11.5 Å². The lowest BCUT2D eigenvalue weighted by Gasteiger charge is -2.08. The van der Waals surface area contributed by atoms with E-state index in [0.29, 0.717) is 6.61 Å². The standard InChI is InChI=1S/C16H18N4O/c1-12-9-13-5-3-4-6-15(13)19-16(12)18-14-10-17-20(11-14)7-8-21-2/h3-6,9-11H,7-8H2,1-2H3,(H,18,19). The number of aromatic nitrogens is 3. The van der Waals surface area contributed by atoms with Gasteiger partial charge in [-0.25, -0.2) is 4.98 Å². The van der Waals surface area contributed by atoms with Crippen LogP contribution in [0, 0.1) is 6.92 Å². The minimum Gasteiger partial charge on any atom is -0.383 e. The SMILES string of the molecule is COCCn1cc(Nc2nc3ccccc3cc2C)cn1. The summed E-state index contributed by atoms with van der Waals surface area (Å²) in [5.41, 5.74) is 3.02. The molecule has 2 heterocycles. The van der Waals surface area contributed by atoms with Crippen LogP contribution in [0.1, 0.15) is 5.56 Å². The summed E-state index contributed by atoms with van der Waals surface area (Å²) in [4.78, 5) is 4.67. The zero-order chi connectivity index (χ0) is 14.7. The molecule has 1 aromatic carbocycles. The summed E-state index contributed by atoms with van der Waals surface area (Å²) >= 11 is 0. The van der Waals surface area contributed by atoms with Crippen LogP contribution in [0.5, 0.6) is 0 Å². The quantitative estimate of drug-likeness (QED) is 0.781. The van der Waals surface area contributed by atoms with E-state index in [1.165, 1.54) is 0 Å². The molecular weight excluding hydrogens is 264 g/mol. The fourth-order valence-corrected chi connectivity index (χ4v) is 2.22. The normalized spacial score (nSPS) is 11.0. The number of nitrogens with one attached hydrogen (secondary N) is 1. The maximum atomic E-state index is 5.05. The minimum absolute atomic E-state index is 0.647. The molecule has 5 heteroatoms. The highest BCUT2D eigenvalue weighted by Gasteiger charge is 2.05. The number of pyridine rings is 1. The van der Waals surface area contributed by atoms with Crippen LogP contribution < -0.4 is 5.32 Å². The maximum absolute atomic E-state index is 5.05. The van der Waals surface area contributed by atoms with Gasteiger partial charge >= 0.3 is 0 Å². The number of ether oxygens (including phenoxy) is 1. The van der Waals surface area contributed by atoms with E-state index in [2.05, 4.69) is 34.5 Å². The Balaban J connectivity index is 1.83. The topological polar surface area (TPSA) is 52.0 Å². The molecule has 0 saturated heterocycles. The third kappa shape index (κ3) is 3.03. The van der Waals surface area contributed by atoms with Crippen LogP contribution in [0.25, 0.3) is 10.9 Å². The lowest BCUT2D eigenvalue weighted by molar-refractivity contribution is 0.183. The number of hydrogen-bond acceptors (Lipinski definition) is 4. The number of hydrogen-bond donors (Lipinski definition) is 1. The predicted molar refractivity (Wildman–Crippen MR) is 83.9 cm³/mol. The molecule has 0 unspecified atom stereocenters. The first-order chi connectivity index (χ1) is 10.3. The van der Waals surface area contributed by atoms with Crippen LogP contribution in [-0.2, 0) is 11.3 Å². The summed E-state index contributed by atoms with van der Waals surface area (Å²) in [5.74, 6) is 0.861. The van der Waals surface area contributed by atoms with Crippen LogP contribution in [0.2, 0.25) is 0 Å². The van der Waals surface area contributed by atoms with Crippen molar-refractivity contribution in [3.05, 3.63) is 48.3 Å². The highest BCUT2D eigenvalue weighted by Crippen LogP contribution is 2.22. The number of para-hydroxylation sites is 1. The number of anilines is 2. The van der Waals surface area contributed by atoms with Gasteiger partial charge in [0.2, 0.25) is 0 Å². The molecule has 0 fully saturated rings. The van der Waals surface area contributed by atoms with Crippen LogP contribution in [0.3, 0.4) is 0 Å². The summed E-state index contributed by atoms with van der Waals surface area (Å²) in [6.07, 6.45) is 3.75. The molecule has 0 atom stereocenters. The molecule has 0 aliphatic rings. The highest BCUT2D eigenvalue weighted by atomic mass is 16.5. The molecule has 108 valence electrons. The van der Waals surface area contributed by atoms with Crippen molar-refractivity contribution in [2.75, 3.05) is 19.0 Å². The molecule has 0 aliphatic carbocycles. The summed E-state index contributed by atoms with van der Waals surface area (Å²) in [7, 11) is 1.69. The number of nitrogens with zero attached hydrogens (tertiary/aromatic N) is 3. The van der Waals surface area contributed by atoms with E-state index >= 15 is 0 Å². The first-order valence-electron chi connectivity index (χ1n) is 6.91. The summed E-state index contributed by atoms with van der Waals surface area (Å²) in [6, 6.07) is 10.2. The lowest BCUT2D eigenvalue weighted by Crippen LogP contribution is -2.04. The molecule has 3 aromatic rings. The zero-order valence-electron chi connectivity index (χ0n) is 12.2. The highest BCUT2D eigenvalue weighted by molar-refractivity contribution is 5.82. The second-order valence-electron chi connectivity index (χ2n) is 4.96. The number of benzene rings is 1. The second kappa shape index (κ2) is 5.93. The van der Waals surface area contributed by atoms with Crippen molar-refractivity contribution in [1.82, 2.24) is 14.8 Å². The summed E-state index contributed by atoms with van der Waals surface area (Å²) in [6.45, 7) is 3.44. The van der Waals surface area contributed by atoms with Crippen LogP contribution >= 0.6 is 0 Å². The fourth-order valence-electron chi connectivity index (χ4n) is 2.22. The molecule has 0 amide bonds. The molecule has 2 aromatic heterocycles. The first kappa shape index (κ1) is 13.6. The molecule has 0 spiro atoms. The van der Waals surface area contributed by atoms with E-state index in [0.717, 1.165) is 34.5 Å². The van der Waals surface area contributed by atoms with Crippen molar-refractivity contribution in [1.29, 1.82) is 0 Å². The van der Waals surface area contributed by atoms with E-state index in [1.54, 1.807) is 13.3 Å². The Morgan fingerprint density at radius 2 is 2.14 bits per heavy atom. The van der Waals surface area contributed by atoms with Gasteiger partial charge in [-0.2, -0.15) is 5.10 Å². The Hall–Kier alpha value is -2.40. The van der Waals surface area contributed by atoms with Gasteiger partial charge in [0.15, 0.2) is 0 Å². The Morgan fingerprint density at radius 1 is 1.29 bits per heavy atom. The number of methoxy groups -OCH3 is 1. The Bertz CT molecular complexity index is 751. The monoisotopic (exact) mass is 282 g/mol. The minimum atomic E-state index is 0.647. The van der Waals surface area contributed by atoms with E-state index in [-0.39, 0.29) is 0 Å². The molecule has 0 bridgehead atoms. The molecule has 0 saturated carbocycles. The third-order valence-electron chi connectivity index (χ3n) is 3.34. The van der Waals surface area contributed by atoms with Crippen molar-refractivity contribution < 1.29 is 4.74 Å². The number of rotatable bonds is 5. The van der Waals surface area contributed by atoms with Gasteiger partial charge in [-0.1, -0.05) is 18.2 Å². The Kier molecular flexibility index (Phi) is 3.83. The van der Waals surface area contributed by atoms with E-state index in [9.17, 15) is 0 Å². The van der Waals surface area contributed by atoms with E-state index in [4.69, 9.17) is 4.74 Å². The van der Waals surface area contributed by atoms with Gasteiger partial charge in [-0.05, 0) is 24.6 Å². The van der Waals surface area contributed by atoms with Gasteiger partial charge in [-0.15, -0.1) is 0 Å². The van der Waals surface area contributed by atoms with Crippen LogP contribution in [-0.4, -0.2) is 28.5 Å². The first-order valence-corrected chi connectivity index (χ1v) is 6.91. The number of fused-ring (bicyclic) bond motifs is 1. The summed E-state index contributed by atoms with van der Waals surface area (Å²) < 4.78 is 6.90. The Labute approximate surface area is 123 Å². The van der Waals surface area contributed by atoms with Crippen LogP contribution in [0.15, 0.2) is 42.7 Å². The fraction of sp³-hybridized carbons (Fsp3) is 0.250. The average molecular weight is 282 g/mol. The van der Waals surface area contributed by atoms with Crippen molar-refractivity contribution in [3.63, 3.8) is 0 Å². The molecule has 21 heavy (non-hydrogen) atoms. The largest absolute Gasteiger partial charge is 0.383 e. The summed E-state index contributed by atoms with van der Waals surface area (Å²) in [5, 5.41) is 8.76. The lowest BCUT2D eigenvalue weighted by atomic mass is 10.1. The molecular formula is C16H18N4O. The van der Waals surface area contributed by atoms with Gasteiger partial charge < -0.3 is 10.1 Å².